The maximum absolute atomic E-state index is 13.6. The summed E-state index contributed by atoms with van der Waals surface area (Å²) >= 11 is 0. The molecule has 0 unspecified atom stereocenters. The highest BCUT2D eigenvalue weighted by atomic mass is 19.1. The van der Waals surface area contributed by atoms with Crippen LogP contribution in [0.15, 0.2) is 47.2 Å². The van der Waals surface area contributed by atoms with Gasteiger partial charge in [0, 0.05) is 0 Å². The van der Waals surface area contributed by atoms with Gasteiger partial charge in [0.25, 0.3) is 5.91 Å². The van der Waals surface area contributed by atoms with Gasteiger partial charge in [-0.2, -0.15) is 0 Å². The second-order valence-corrected chi connectivity index (χ2v) is 7.58. The van der Waals surface area contributed by atoms with Gasteiger partial charge in [0.1, 0.15) is 23.0 Å². The Morgan fingerprint density at radius 2 is 2.07 bits per heavy atom. The summed E-state index contributed by atoms with van der Waals surface area (Å²) in [4.78, 5) is 17.4. The fraction of sp³-hybridized carbons (Fsp3) is 0.304. The Kier molecular flexibility index (Phi) is 4.86. The van der Waals surface area contributed by atoms with E-state index in [1.807, 2.05) is 32.0 Å². The Hall–Kier alpha value is -3.15. The number of methoxy groups -OCH3 is 1. The smallest absolute Gasteiger partial charge is 0.255 e. The number of amides is 1. The zero-order chi connectivity index (χ0) is 20.6. The van der Waals surface area contributed by atoms with Gasteiger partial charge in [-0.05, 0) is 74.1 Å². The van der Waals surface area contributed by atoms with E-state index in [-0.39, 0.29) is 11.7 Å². The zero-order valence-corrected chi connectivity index (χ0v) is 16.7. The Morgan fingerprint density at radius 3 is 2.69 bits per heavy atom. The van der Waals surface area contributed by atoms with E-state index < -0.39 is 5.54 Å². The van der Waals surface area contributed by atoms with E-state index in [1.165, 1.54) is 18.5 Å². The average molecular weight is 394 g/mol. The summed E-state index contributed by atoms with van der Waals surface area (Å²) in [5, 5.41) is 3.12. The molecule has 1 aromatic heterocycles. The van der Waals surface area contributed by atoms with E-state index in [1.54, 1.807) is 13.2 Å². The van der Waals surface area contributed by atoms with Gasteiger partial charge in [-0.1, -0.05) is 12.1 Å². The van der Waals surface area contributed by atoms with Crippen molar-refractivity contribution in [2.45, 2.75) is 38.6 Å². The molecule has 0 saturated heterocycles. The molecule has 2 aromatic carbocycles. The molecule has 29 heavy (non-hydrogen) atoms. The zero-order valence-electron chi connectivity index (χ0n) is 16.7. The number of aryl methyl sites for hydroxylation is 2. The van der Waals surface area contributed by atoms with Crippen LogP contribution < -0.4 is 10.1 Å². The van der Waals surface area contributed by atoms with Gasteiger partial charge in [-0.3, -0.25) is 4.79 Å². The fourth-order valence-corrected chi connectivity index (χ4v) is 3.73. The fourth-order valence-electron chi connectivity index (χ4n) is 3.73. The molecule has 0 bridgehead atoms. The molecule has 0 atom stereocenters. The first-order valence-electron chi connectivity index (χ1n) is 9.57. The van der Waals surface area contributed by atoms with Gasteiger partial charge in [-0.25, -0.2) is 9.37 Å². The van der Waals surface area contributed by atoms with Crippen LogP contribution in [-0.2, 0) is 12.0 Å². The van der Waals surface area contributed by atoms with Crippen molar-refractivity contribution < 1.29 is 18.3 Å². The molecule has 0 aliphatic heterocycles. The lowest BCUT2D eigenvalue weighted by Gasteiger charge is -2.18. The maximum atomic E-state index is 13.6. The van der Waals surface area contributed by atoms with Crippen molar-refractivity contribution in [2.24, 2.45) is 0 Å². The van der Waals surface area contributed by atoms with E-state index in [2.05, 4.69) is 10.3 Å². The summed E-state index contributed by atoms with van der Waals surface area (Å²) in [5.74, 6) is 0.730. The van der Waals surface area contributed by atoms with Crippen molar-refractivity contribution in [3.63, 3.8) is 0 Å². The highest BCUT2D eigenvalue weighted by molar-refractivity contribution is 5.98. The normalized spacial score (nSPS) is 14.5. The minimum absolute atomic E-state index is 0.220. The highest BCUT2D eigenvalue weighted by Gasteiger charge is 2.49. The number of carbonyl (C=O) groups is 1. The second-order valence-electron chi connectivity index (χ2n) is 7.58. The van der Waals surface area contributed by atoms with Gasteiger partial charge in [-0.15, -0.1) is 0 Å². The number of hydrogen-bond donors (Lipinski definition) is 1. The molecule has 4 rings (SSSR count). The Balaban J connectivity index is 1.64. The molecule has 1 aliphatic carbocycles. The molecule has 3 aromatic rings. The molecule has 5 nitrogen and oxygen atoms in total. The largest absolute Gasteiger partial charge is 0.496 e. The molecule has 1 saturated carbocycles. The van der Waals surface area contributed by atoms with Crippen LogP contribution in [-0.4, -0.2) is 18.0 Å². The SMILES string of the molecule is COc1cc(C)c(Cc2cccc(F)c2)cc1C(=O)NC1(c2ncoc2C)CC1. The van der Waals surface area contributed by atoms with Crippen molar-refractivity contribution >= 4 is 5.91 Å². The van der Waals surface area contributed by atoms with Crippen molar-refractivity contribution in [1.29, 1.82) is 0 Å². The molecule has 0 spiro atoms. The van der Waals surface area contributed by atoms with Gasteiger partial charge in [0.15, 0.2) is 6.39 Å². The monoisotopic (exact) mass is 394 g/mol. The van der Waals surface area contributed by atoms with Crippen molar-refractivity contribution in [3.05, 3.63) is 82.3 Å². The minimum Gasteiger partial charge on any atom is -0.496 e. The van der Waals surface area contributed by atoms with E-state index in [4.69, 9.17) is 9.15 Å². The van der Waals surface area contributed by atoms with E-state index in [0.717, 1.165) is 35.2 Å². The number of rotatable bonds is 6. The summed E-state index contributed by atoms with van der Waals surface area (Å²) < 4.78 is 24.3. The third-order valence-corrected chi connectivity index (χ3v) is 5.49. The van der Waals surface area contributed by atoms with Crippen molar-refractivity contribution in [1.82, 2.24) is 10.3 Å². The molecule has 1 fully saturated rings. The van der Waals surface area contributed by atoms with Crippen LogP contribution in [0.25, 0.3) is 0 Å². The second kappa shape index (κ2) is 7.35. The standard InChI is InChI=1S/C23H23FN2O3/c1-14-9-20(28-3)19(12-17(14)10-16-5-4-6-18(24)11-16)22(27)26-23(7-8-23)21-15(2)29-13-25-21/h4-6,9,11-13H,7-8,10H2,1-3H3,(H,26,27). The molecule has 150 valence electrons. The van der Waals surface area contributed by atoms with Crippen LogP contribution in [0.5, 0.6) is 5.75 Å². The number of nitrogens with one attached hydrogen (secondary N) is 1. The number of nitrogens with zero attached hydrogens (tertiary/aromatic N) is 1. The number of oxazole rings is 1. The highest BCUT2D eigenvalue weighted by Crippen LogP contribution is 2.46. The van der Waals surface area contributed by atoms with Crippen LogP contribution in [0.4, 0.5) is 4.39 Å². The third-order valence-electron chi connectivity index (χ3n) is 5.49. The van der Waals surface area contributed by atoms with E-state index in [0.29, 0.717) is 23.5 Å². The first-order chi connectivity index (χ1) is 13.9. The van der Waals surface area contributed by atoms with Crippen LogP contribution in [0.2, 0.25) is 0 Å². The topological polar surface area (TPSA) is 64.4 Å². The Labute approximate surface area is 168 Å². The van der Waals surface area contributed by atoms with E-state index in [9.17, 15) is 9.18 Å². The van der Waals surface area contributed by atoms with Gasteiger partial charge >= 0.3 is 0 Å². The molecule has 1 heterocycles. The Morgan fingerprint density at radius 1 is 1.28 bits per heavy atom. The van der Waals surface area contributed by atoms with Gasteiger partial charge < -0.3 is 14.5 Å². The van der Waals surface area contributed by atoms with Crippen LogP contribution in [0.1, 0.15) is 51.3 Å². The van der Waals surface area contributed by atoms with Gasteiger partial charge in [0.05, 0.1) is 18.2 Å². The average Bonchev–Trinajstić information content (AvgIpc) is 3.33. The Bertz CT molecular complexity index is 1070. The lowest BCUT2D eigenvalue weighted by Crippen LogP contribution is -2.35. The number of carbonyl (C=O) groups excluding carboxylic acids is 1. The number of aromatic nitrogens is 1. The molecular weight excluding hydrogens is 371 g/mol. The first-order valence-corrected chi connectivity index (χ1v) is 9.57. The number of hydrogen-bond acceptors (Lipinski definition) is 4. The van der Waals surface area contributed by atoms with Crippen LogP contribution in [0.3, 0.4) is 0 Å². The molecule has 1 N–H and O–H groups in total. The number of benzene rings is 2. The van der Waals surface area contributed by atoms with Crippen LogP contribution in [0, 0.1) is 19.7 Å². The number of halogens is 1. The summed E-state index contributed by atoms with van der Waals surface area (Å²) in [5.41, 5.74) is 3.53. The van der Waals surface area contributed by atoms with Crippen molar-refractivity contribution in [3.8, 4) is 5.75 Å². The lowest BCUT2D eigenvalue weighted by molar-refractivity contribution is 0.0926. The molecule has 0 radical (unpaired) electrons. The summed E-state index contributed by atoms with van der Waals surface area (Å²) in [6.45, 7) is 3.80. The van der Waals surface area contributed by atoms with Crippen molar-refractivity contribution in [2.75, 3.05) is 7.11 Å². The third kappa shape index (κ3) is 3.75. The summed E-state index contributed by atoms with van der Waals surface area (Å²) in [7, 11) is 1.55. The quantitative estimate of drug-likeness (QED) is 0.671. The molecule has 1 amide bonds. The minimum atomic E-state index is -0.479. The predicted molar refractivity (Wildman–Crippen MR) is 107 cm³/mol. The predicted octanol–water partition coefficient (Wildman–Crippen LogP) is 4.45. The van der Waals surface area contributed by atoms with Crippen LogP contribution >= 0.6 is 0 Å². The number of ether oxygens (including phenoxy) is 1. The molecule has 6 heteroatoms. The summed E-state index contributed by atoms with van der Waals surface area (Å²) in [6.07, 6.45) is 3.56. The first kappa shape index (κ1) is 19.2. The summed E-state index contributed by atoms with van der Waals surface area (Å²) in [6, 6.07) is 10.2. The maximum Gasteiger partial charge on any atom is 0.255 e. The van der Waals surface area contributed by atoms with Gasteiger partial charge in [0.2, 0.25) is 0 Å². The molecular formula is C23H23FN2O3. The lowest BCUT2D eigenvalue weighted by atomic mass is 9.97. The molecule has 1 aliphatic rings. The van der Waals surface area contributed by atoms with E-state index >= 15 is 0 Å².